The Morgan fingerprint density at radius 2 is 1.92 bits per heavy atom. The molecule has 3 aliphatic rings. The topological polar surface area (TPSA) is 160 Å². The number of hydrogen-bond acceptors (Lipinski definition) is 11. The van der Waals surface area contributed by atoms with Crippen LogP contribution in [0.5, 0.6) is 0 Å². The maximum absolute atomic E-state index is 14.6. The van der Waals surface area contributed by atoms with Crippen LogP contribution in [-0.2, 0) is 48.0 Å². The highest BCUT2D eigenvalue weighted by Crippen LogP contribution is 2.42. The highest BCUT2D eigenvalue weighted by Gasteiger charge is 2.39. The van der Waals surface area contributed by atoms with Gasteiger partial charge in [0.25, 0.3) is 5.91 Å². The number of hydrazine groups is 1. The van der Waals surface area contributed by atoms with Gasteiger partial charge in [-0.3, -0.25) is 24.4 Å². The van der Waals surface area contributed by atoms with E-state index in [0.29, 0.717) is 70.1 Å². The molecule has 4 amide bonds. The molecule has 0 radical (unpaired) electrons. The number of thiazole rings is 1. The Morgan fingerprint density at radius 3 is 2.68 bits per heavy atom. The molecule has 2 saturated heterocycles. The first-order valence-electron chi connectivity index (χ1n) is 21.9. The van der Waals surface area contributed by atoms with E-state index in [1.54, 1.807) is 25.3 Å². The second-order valence-corrected chi connectivity index (χ2v) is 18.7. The summed E-state index contributed by atoms with van der Waals surface area (Å²) < 4.78 is 19.8. The zero-order valence-electron chi connectivity index (χ0n) is 37.4. The third kappa shape index (κ3) is 9.53. The number of fused-ring (bicyclic) bond motifs is 6. The number of aryl methyl sites for hydroxylation is 1. The molecule has 4 atom stereocenters. The van der Waals surface area contributed by atoms with Gasteiger partial charge >= 0.3 is 12.0 Å². The molecular formula is C46H62N8O7S. The summed E-state index contributed by atoms with van der Waals surface area (Å²) in [6.07, 6.45) is 4.00. The summed E-state index contributed by atoms with van der Waals surface area (Å²) in [6.45, 7) is 15.3. The van der Waals surface area contributed by atoms with Gasteiger partial charge in [0.05, 0.1) is 41.4 Å². The molecule has 2 fully saturated rings. The quantitative estimate of drug-likeness (QED) is 0.201. The van der Waals surface area contributed by atoms with Crippen LogP contribution in [0.1, 0.15) is 83.2 Å². The summed E-state index contributed by atoms with van der Waals surface area (Å²) in [6, 6.07) is 7.52. The summed E-state index contributed by atoms with van der Waals surface area (Å²) in [5.41, 5.74) is 9.37. The minimum absolute atomic E-state index is 0.105. The number of nitrogens with zero attached hydrogens (tertiary/aromatic N) is 6. The normalized spacial score (nSPS) is 20.9. The van der Waals surface area contributed by atoms with Crippen LogP contribution in [-0.4, -0.2) is 125 Å². The van der Waals surface area contributed by atoms with E-state index in [1.807, 2.05) is 32.2 Å². The Hall–Kier alpha value is -4.90. The van der Waals surface area contributed by atoms with E-state index in [-0.39, 0.29) is 31.1 Å². The molecule has 0 saturated carbocycles. The number of hydrogen-bond donors (Lipinski definition) is 2. The minimum atomic E-state index is -1.05. The number of urea groups is 1. The summed E-state index contributed by atoms with van der Waals surface area (Å²) in [5.74, 6) is -1.55. The lowest BCUT2D eigenvalue weighted by Crippen LogP contribution is -2.62. The van der Waals surface area contributed by atoms with E-state index in [2.05, 4.69) is 60.3 Å². The number of carbonyl (C=O) groups excluding carboxylic acids is 4. The molecule has 7 rings (SSSR count). The van der Waals surface area contributed by atoms with Crippen molar-refractivity contribution in [2.75, 3.05) is 53.6 Å². The second-order valence-electron chi connectivity index (χ2n) is 17.8. The fourth-order valence-electron chi connectivity index (χ4n) is 9.03. The Morgan fingerprint density at radius 1 is 1.11 bits per heavy atom. The zero-order valence-corrected chi connectivity index (χ0v) is 38.2. The Kier molecular flexibility index (Phi) is 14.0. The molecule has 0 spiro atoms. The van der Waals surface area contributed by atoms with Crippen LogP contribution >= 0.6 is 11.3 Å². The first-order chi connectivity index (χ1) is 29.7. The van der Waals surface area contributed by atoms with E-state index in [9.17, 15) is 19.2 Å². The van der Waals surface area contributed by atoms with Crippen LogP contribution < -0.4 is 10.7 Å². The predicted octanol–water partition coefficient (Wildman–Crippen LogP) is 6.00. The number of cyclic esters (lactones) is 1. The summed E-state index contributed by atoms with van der Waals surface area (Å²) in [5, 5.41) is 8.18. The van der Waals surface area contributed by atoms with Gasteiger partial charge in [-0.1, -0.05) is 33.8 Å². The lowest BCUT2D eigenvalue weighted by Gasteiger charge is -2.37. The Labute approximate surface area is 368 Å². The van der Waals surface area contributed by atoms with E-state index in [1.165, 1.54) is 21.2 Å². The molecule has 62 heavy (non-hydrogen) atoms. The van der Waals surface area contributed by atoms with Crippen LogP contribution in [0.25, 0.3) is 33.4 Å². The first kappa shape index (κ1) is 45.1. The average molecular weight is 871 g/mol. The molecule has 15 nitrogen and oxygen atoms in total. The zero-order chi connectivity index (χ0) is 44.3. The number of nitrogens with one attached hydrogen (secondary N) is 2. The molecule has 6 heterocycles. The van der Waals surface area contributed by atoms with Crippen molar-refractivity contribution >= 4 is 46.1 Å². The van der Waals surface area contributed by atoms with Crippen molar-refractivity contribution in [1.82, 2.24) is 40.1 Å². The van der Waals surface area contributed by atoms with Gasteiger partial charge in [0.2, 0.25) is 5.91 Å². The fourth-order valence-corrected chi connectivity index (χ4v) is 9.88. The predicted molar refractivity (Wildman–Crippen MR) is 238 cm³/mol. The minimum Gasteiger partial charge on any atom is -0.464 e. The van der Waals surface area contributed by atoms with E-state index < -0.39 is 41.3 Å². The number of rotatable bonds is 8. The van der Waals surface area contributed by atoms with Crippen LogP contribution in [0.2, 0.25) is 0 Å². The monoisotopic (exact) mass is 870 g/mol. The molecule has 4 aromatic rings. The highest BCUT2D eigenvalue weighted by atomic mass is 32.1. The molecule has 3 aromatic heterocycles. The third-order valence-electron chi connectivity index (χ3n) is 12.3. The molecule has 3 aliphatic heterocycles. The number of likely N-dealkylation sites (N-methyl/N-ethyl adjacent to an activating group) is 1. The van der Waals surface area contributed by atoms with E-state index in [0.717, 1.165) is 44.7 Å². The number of esters is 1. The van der Waals surface area contributed by atoms with Gasteiger partial charge in [0.1, 0.15) is 18.1 Å². The number of amides is 4. The lowest BCUT2D eigenvalue weighted by atomic mass is 9.84. The first-order valence-corrected chi connectivity index (χ1v) is 22.8. The maximum Gasteiger partial charge on any atom is 0.324 e. The Bertz CT molecular complexity index is 2260. The van der Waals surface area contributed by atoms with E-state index >= 15 is 0 Å². The molecule has 0 aliphatic carbocycles. The number of benzene rings is 1. The standard InChI is InChI=1S/C46H62N8O7S/c1-9-53-37-16-15-30-23-32(37)33(41(53)31-13-10-17-47-39(31)29(4)59-8)25-46(5,6)27-61-44(57)34-14-11-19-54(50-34)43(56)35(24-38-48-36(30)26-62-38)49-42(55)40(28(2)3)51(7)45(58)52-18-12-21-60-22-20-52/h10,13,15-17,23,26,28-29,34-35,40,50H,9,11-12,14,18-22,24-25,27H2,1-8H3,(H,49,55)/t29-,34-,35-,40-/m0/s1. The largest absolute Gasteiger partial charge is 0.464 e. The summed E-state index contributed by atoms with van der Waals surface area (Å²) in [7, 11) is 3.32. The van der Waals surface area contributed by atoms with Gasteiger partial charge in [0.15, 0.2) is 0 Å². The number of aromatic nitrogens is 3. The smallest absolute Gasteiger partial charge is 0.324 e. The summed E-state index contributed by atoms with van der Waals surface area (Å²) >= 11 is 1.42. The molecule has 334 valence electrons. The fraction of sp³-hybridized carbons (Fsp3) is 0.565. The molecular weight excluding hydrogens is 809 g/mol. The second kappa shape index (κ2) is 19.2. The van der Waals surface area contributed by atoms with Gasteiger partial charge in [0, 0.05) is 92.4 Å². The number of ether oxygens (including phenoxy) is 3. The van der Waals surface area contributed by atoms with Gasteiger partial charge in [-0.25, -0.2) is 15.2 Å². The van der Waals surface area contributed by atoms with Crippen LogP contribution in [0.15, 0.2) is 41.9 Å². The molecule has 16 heteroatoms. The highest BCUT2D eigenvalue weighted by molar-refractivity contribution is 7.10. The number of pyridine rings is 1. The van der Waals surface area contributed by atoms with Crippen molar-refractivity contribution in [3.05, 3.63) is 58.2 Å². The van der Waals surface area contributed by atoms with E-state index in [4.69, 9.17) is 24.2 Å². The van der Waals surface area contributed by atoms with Crippen LogP contribution in [0.3, 0.4) is 0 Å². The average Bonchev–Trinajstić information content (AvgIpc) is 3.73. The van der Waals surface area contributed by atoms with Gasteiger partial charge in [-0.2, -0.15) is 0 Å². The van der Waals surface area contributed by atoms with Gasteiger partial charge in [-0.15, -0.1) is 11.3 Å². The maximum atomic E-state index is 14.6. The SMILES string of the molecule is CCn1c(-c2cccnc2[C@H](C)OC)c2c3cc(ccc31)-c1csc(n1)C[C@H](NC(=O)[C@H](C(C)C)N(C)C(=O)N1CCCOCC1)C(=O)N1CCC[C@H](N1)C(=O)OCC(C)(C)C2. The van der Waals surface area contributed by atoms with Crippen LogP contribution in [0, 0.1) is 11.3 Å². The van der Waals surface area contributed by atoms with Crippen molar-refractivity contribution in [3.63, 3.8) is 0 Å². The third-order valence-corrected chi connectivity index (χ3v) is 13.1. The van der Waals surface area contributed by atoms with Gasteiger partial charge < -0.3 is 33.9 Å². The molecule has 2 N–H and O–H groups in total. The van der Waals surface area contributed by atoms with Crippen molar-refractivity contribution < 1.29 is 33.4 Å². The Balaban J connectivity index is 1.29. The van der Waals surface area contributed by atoms with Crippen LogP contribution in [0.4, 0.5) is 4.79 Å². The van der Waals surface area contributed by atoms with Crippen molar-refractivity contribution in [1.29, 1.82) is 0 Å². The number of methoxy groups -OCH3 is 1. The lowest BCUT2D eigenvalue weighted by molar-refractivity contribution is -0.155. The summed E-state index contributed by atoms with van der Waals surface area (Å²) in [4.78, 5) is 69.6. The van der Waals surface area contributed by atoms with Crippen molar-refractivity contribution in [2.45, 2.75) is 104 Å². The molecule has 0 unspecified atom stereocenters. The molecule has 1 aromatic carbocycles. The van der Waals surface area contributed by atoms with Crippen molar-refractivity contribution in [3.8, 4) is 22.5 Å². The molecule has 6 bridgehead atoms. The van der Waals surface area contributed by atoms with Crippen molar-refractivity contribution in [2.24, 2.45) is 11.3 Å². The van der Waals surface area contributed by atoms with Gasteiger partial charge in [-0.05, 0) is 75.3 Å². The number of carbonyl (C=O) groups is 4.